The van der Waals surface area contributed by atoms with Crippen molar-refractivity contribution in [1.82, 2.24) is 4.72 Å². The van der Waals surface area contributed by atoms with Crippen LogP contribution < -0.4 is 10.0 Å². The van der Waals surface area contributed by atoms with E-state index in [9.17, 15) is 13.2 Å². The zero-order valence-corrected chi connectivity index (χ0v) is 16.0. The fraction of sp³-hybridized carbons (Fsp3) is 0.421. The number of carbonyl (C=O) groups is 1. The Balaban J connectivity index is 1.39. The maximum atomic E-state index is 12.7. The third-order valence-electron chi connectivity index (χ3n) is 5.79. The molecule has 3 aliphatic carbocycles. The van der Waals surface area contributed by atoms with Crippen LogP contribution >= 0.6 is 11.3 Å². The lowest BCUT2D eigenvalue weighted by atomic mass is 9.76. The minimum absolute atomic E-state index is 0.302. The standard InChI is InChI=1S/C19H20N2O3S2/c22-19(20-17-14-7-5-11(14)9-12-6-8-15(12)17)21-26(23,24)18-16-4-2-1-3-13(16)10-25-18/h9-10H,1-8H2,(H2,20,21,22). The van der Waals surface area contributed by atoms with Gasteiger partial charge in [0.1, 0.15) is 4.21 Å². The predicted octanol–water partition coefficient (Wildman–Crippen LogP) is 3.33. The van der Waals surface area contributed by atoms with E-state index in [4.69, 9.17) is 0 Å². The molecule has 0 saturated heterocycles. The summed E-state index contributed by atoms with van der Waals surface area (Å²) in [6.45, 7) is 0. The van der Waals surface area contributed by atoms with Gasteiger partial charge in [0.05, 0.1) is 0 Å². The molecule has 5 rings (SSSR count). The van der Waals surface area contributed by atoms with Gasteiger partial charge in [-0.2, -0.15) is 0 Å². The molecule has 0 aliphatic heterocycles. The number of urea groups is 1. The van der Waals surface area contributed by atoms with Crippen molar-refractivity contribution >= 4 is 33.1 Å². The summed E-state index contributed by atoms with van der Waals surface area (Å²) >= 11 is 1.22. The van der Waals surface area contributed by atoms with Gasteiger partial charge in [-0.1, -0.05) is 6.07 Å². The molecule has 1 aromatic carbocycles. The first-order chi connectivity index (χ1) is 12.5. The second-order valence-electron chi connectivity index (χ2n) is 7.32. The van der Waals surface area contributed by atoms with Crippen LogP contribution in [0.25, 0.3) is 0 Å². The van der Waals surface area contributed by atoms with Crippen LogP contribution in [-0.2, 0) is 48.5 Å². The molecule has 2 amide bonds. The van der Waals surface area contributed by atoms with Gasteiger partial charge in [-0.15, -0.1) is 11.3 Å². The van der Waals surface area contributed by atoms with Gasteiger partial charge in [-0.05, 0) is 90.1 Å². The molecule has 26 heavy (non-hydrogen) atoms. The van der Waals surface area contributed by atoms with E-state index in [0.717, 1.165) is 68.2 Å². The second-order valence-corrected chi connectivity index (χ2v) is 10.1. The summed E-state index contributed by atoms with van der Waals surface area (Å²) < 4.78 is 28.0. The average Bonchev–Trinajstić information content (AvgIpc) is 2.96. The highest BCUT2D eigenvalue weighted by atomic mass is 32.2. The number of hydrogen-bond donors (Lipinski definition) is 2. The van der Waals surface area contributed by atoms with Crippen LogP contribution in [0, 0.1) is 0 Å². The van der Waals surface area contributed by atoms with Crippen LogP contribution in [0.5, 0.6) is 0 Å². The van der Waals surface area contributed by atoms with Crippen LogP contribution in [0.1, 0.15) is 46.2 Å². The molecule has 3 aliphatic rings. The lowest BCUT2D eigenvalue weighted by Gasteiger charge is -2.32. The number of aryl methyl sites for hydroxylation is 3. The lowest BCUT2D eigenvalue weighted by molar-refractivity contribution is 0.256. The number of anilines is 1. The van der Waals surface area contributed by atoms with E-state index in [1.54, 1.807) is 0 Å². The Kier molecular flexibility index (Phi) is 3.66. The van der Waals surface area contributed by atoms with E-state index < -0.39 is 16.1 Å². The lowest BCUT2D eigenvalue weighted by Crippen LogP contribution is -2.36. The van der Waals surface area contributed by atoms with Gasteiger partial charge < -0.3 is 5.32 Å². The minimum atomic E-state index is -3.83. The number of rotatable bonds is 3. The van der Waals surface area contributed by atoms with Gasteiger partial charge in [0.15, 0.2) is 0 Å². The van der Waals surface area contributed by atoms with Crippen molar-refractivity contribution < 1.29 is 13.2 Å². The summed E-state index contributed by atoms with van der Waals surface area (Å²) in [5.41, 5.74) is 7.77. The highest BCUT2D eigenvalue weighted by molar-refractivity contribution is 7.92. The molecule has 2 aromatic rings. The van der Waals surface area contributed by atoms with E-state index in [-0.39, 0.29) is 0 Å². The molecule has 0 unspecified atom stereocenters. The smallest absolute Gasteiger partial charge is 0.307 e. The molecule has 0 radical (unpaired) electrons. The topological polar surface area (TPSA) is 75.3 Å². The summed E-state index contributed by atoms with van der Waals surface area (Å²) in [6.07, 6.45) is 7.78. The maximum Gasteiger partial charge on any atom is 0.333 e. The van der Waals surface area contributed by atoms with Gasteiger partial charge in [-0.25, -0.2) is 17.9 Å². The molecule has 1 aromatic heterocycles. The zero-order valence-electron chi connectivity index (χ0n) is 14.4. The van der Waals surface area contributed by atoms with Gasteiger partial charge in [0.25, 0.3) is 10.0 Å². The second kappa shape index (κ2) is 5.82. The average molecular weight is 389 g/mol. The Labute approximate surface area is 156 Å². The molecule has 5 nitrogen and oxygen atoms in total. The Morgan fingerprint density at radius 3 is 2.23 bits per heavy atom. The minimum Gasteiger partial charge on any atom is -0.307 e. The number of benzene rings is 1. The Morgan fingerprint density at radius 2 is 1.58 bits per heavy atom. The van der Waals surface area contributed by atoms with Crippen molar-refractivity contribution in [2.75, 3.05) is 5.32 Å². The van der Waals surface area contributed by atoms with Crippen LogP contribution in [0.2, 0.25) is 0 Å². The molecule has 0 saturated carbocycles. The molecule has 0 bridgehead atoms. The number of hydrogen-bond acceptors (Lipinski definition) is 4. The van der Waals surface area contributed by atoms with Crippen LogP contribution in [0.15, 0.2) is 15.7 Å². The number of thiophene rings is 1. The highest BCUT2D eigenvalue weighted by Crippen LogP contribution is 2.40. The number of amides is 2. The predicted molar refractivity (Wildman–Crippen MR) is 102 cm³/mol. The van der Waals surface area contributed by atoms with Gasteiger partial charge >= 0.3 is 6.03 Å². The largest absolute Gasteiger partial charge is 0.333 e. The third-order valence-corrected chi connectivity index (χ3v) is 8.79. The molecular weight excluding hydrogens is 368 g/mol. The van der Waals surface area contributed by atoms with Crippen molar-refractivity contribution in [3.8, 4) is 0 Å². The maximum absolute atomic E-state index is 12.7. The van der Waals surface area contributed by atoms with Crippen LogP contribution in [-0.4, -0.2) is 14.4 Å². The molecule has 7 heteroatoms. The first kappa shape index (κ1) is 16.3. The summed E-state index contributed by atoms with van der Waals surface area (Å²) in [6, 6.07) is 1.58. The Bertz CT molecular complexity index is 1010. The fourth-order valence-electron chi connectivity index (χ4n) is 4.24. The number of sulfonamides is 1. The van der Waals surface area contributed by atoms with Crippen LogP contribution in [0.4, 0.5) is 10.5 Å². The molecular formula is C19H20N2O3S2. The molecule has 0 spiro atoms. The first-order valence-corrected chi connectivity index (χ1v) is 11.5. The quantitative estimate of drug-likeness (QED) is 0.847. The van der Waals surface area contributed by atoms with Crippen molar-refractivity contribution in [3.63, 3.8) is 0 Å². The van der Waals surface area contributed by atoms with Crippen molar-refractivity contribution in [2.45, 2.75) is 55.6 Å². The van der Waals surface area contributed by atoms with Crippen molar-refractivity contribution in [3.05, 3.63) is 44.8 Å². The summed E-state index contributed by atoms with van der Waals surface area (Å²) in [5, 5.41) is 4.76. The van der Waals surface area contributed by atoms with Gasteiger partial charge in [0, 0.05) is 5.69 Å². The molecule has 0 atom stereocenters. The van der Waals surface area contributed by atoms with Gasteiger partial charge in [0.2, 0.25) is 0 Å². The number of carbonyl (C=O) groups excluding carboxylic acids is 1. The number of fused-ring (bicyclic) bond motifs is 3. The van der Waals surface area contributed by atoms with Crippen molar-refractivity contribution in [1.29, 1.82) is 0 Å². The SMILES string of the molecule is O=C(Nc1c2c(cc3c1CC3)CC2)NS(=O)(=O)c1scc2c1CCCC2. The number of nitrogens with one attached hydrogen (secondary N) is 2. The van der Waals surface area contributed by atoms with Gasteiger partial charge in [-0.3, -0.25) is 0 Å². The molecule has 1 heterocycles. The summed E-state index contributed by atoms with van der Waals surface area (Å²) in [4.78, 5) is 12.5. The van der Waals surface area contributed by atoms with E-state index in [1.165, 1.54) is 33.6 Å². The van der Waals surface area contributed by atoms with Crippen molar-refractivity contribution in [2.24, 2.45) is 0 Å². The summed E-state index contributed by atoms with van der Waals surface area (Å²) in [5.74, 6) is 0. The third kappa shape index (κ3) is 2.48. The summed E-state index contributed by atoms with van der Waals surface area (Å²) in [7, 11) is -3.83. The molecule has 2 N–H and O–H groups in total. The van der Waals surface area contributed by atoms with Crippen LogP contribution in [0.3, 0.4) is 0 Å². The zero-order chi connectivity index (χ0) is 17.9. The Hall–Kier alpha value is -1.86. The molecule has 0 fully saturated rings. The normalized spacial score (nSPS) is 17.2. The monoisotopic (exact) mass is 388 g/mol. The molecule has 136 valence electrons. The van der Waals surface area contributed by atoms with E-state index >= 15 is 0 Å². The van der Waals surface area contributed by atoms with E-state index in [0.29, 0.717) is 4.21 Å². The first-order valence-electron chi connectivity index (χ1n) is 9.12. The van der Waals surface area contributed by atoms with E-state index in [2.05, 4.69) is 16.1 Å². The van der Waals surface area contributed by atoms with E-state index in [1.807, 2.05) is 5.38 Å². The highest BCUT2D eigenvalue weighted by Gasteiger charge is 2.30. The fourth-order valence-corrected chi connectivity index (χ4v) is 6.85. The Morgan fingerprint density at radius 1 is 0.885 bits per heavy atom.